The van der Waals surface area contributed by atoms with Gasteiger partial charge in [0.1, 0.15) is 5.76 Å². The monoisotopic (exact) mass is 205 g/mol. The fraction of sp³-hybridized carbons (Fsp3) is 0.571. The average molecular weight is 206 g/mol. The van der Waals surface area contributed by atoms with E-state index in [9.17, 15) is 4.79 Å². The van der Waals surface area contributed by atoms with E-state index in [2.05, 4.69) is 4.74 Å². The topological polar surface area (TPSA) is 46.5 Å². The van der Waals surface area contributed by atoms with Gasteiger partial charge in [0.15, 0.2) is 0 Å². The van der Waals surface area contributed by atoms with Crippen molar-refractivity contribution in [1.29, 1.82) is 0 Å². The second kappa shape index (κ2) is 4.42. The Bertz CT molecular complexity index is 186. The second-order valence-corrected chi connectivity index (χ2v) is 2.27. The molecule has 1 rings (SSSR count). The Morgan fingerprint density at radius 3 is 2.55 bits per heavy atom. The van der Waals surface area contributed by atoms with Gasteiger partial charge in [-0.1, -0.05) is 0 Å². The Balaban J connectivity index is 0.000001000. The molecule has 0 spiro atoms. The standard InChI is InChI=1S/C7H10O3.Cu/c1-10-7(9)5-3-2-4-6(5)8;/h8H,2-4H2,1H3;. The van der Waals surface area contributed by atoms with E-state index in [0.29, 0.717) is 18.4 Å². The van der Waals surface area contributed by atoms with Crippen molar-refractivity contribution in [2.24, 2.45) is 0 Å². The van der Waals surface area contributed by atoms with Crippen molar-refractivity contribution in [2.45, 2.75) is 19.3 Å². The molecule has 1 aliphatic rings. The van der Waals surface area contributed by atoms with Crippen molar-refractivity contribution in [3.05, 3.63) is 11.3 Å². The zero-order chi connectivity index (χ0) is 7.56. The number of aliphatic hydroxyl groups excluding tert-OH is 1. The number of hydrogen-bond acceptors (Lipinski definition) is 3. The summed E-state index contributed by atoms with van der Waals surface area (Å²) in [6.45, 7) is 0. The molecule has 3 nitrogen and oxygen atoms in total. The molecule has 1 radical (unpaired) electrons. The van der Waals surface area contributed by atoms with Crippen LogP contribution in [0.1, 0.15) is 19.3 Å². The van der Waals surface area contributed by atoms with Gasteiger partial charge in [-0.2, -0.15) is 0 Å². The molecule has 0 atom stereocenters. The molecule has 4 heteroatoms. The van der Waals surface area contributed by atoms with Gasteiger partial charge < -0.3 is 9.84 Å². The molecule has 0 fully saturated rings. The van der Waals surface area contributed by atoms with E-state index in [0.717, 1.165) is 6.42 Å². The minimum atomic E-state index is -0.394. The van der Waals surface area contributed by atoms with Gasteiger partial charge in [0, 0.05) is 23.5 Å². The van der Waals surface area contributed by atoms with Crippen LogP contribution in [0, 0.1) is 0 Å². The minimum Gasteiger partial charge on any atom is -0.512 e. The summed E-state index contributed by atoms with van der Waals surface area (Å²) >= 11 is 0. The van der Waals surface area contributed by atoms with Crippen LogP contribution in [-0.2, 0) is 26.6 Å². The van der Waals surface area contributed by atoms with Gasteiger partial charge in [-0.15, -0.1) is 0 Å². The Labute approximate surface area is 75.9 Å². The second-order valence-electron chi connectivity index (χ2n) is 2.27. The Hall–Kier alpha value is -0.471. The molecule has 0 bridgehead atoms. The molecule has 0 aromatic rings. The Kier molecular flexibility index (Phi) is 4.23. The number of carbonyl (C=O) groups excluding carboxylic acids is 1. The van der Waals surface area contributed by atoms with Crippen LogP contribution in [0.15, 0.2) is 11.3 Å². The van der Waals surface area contributed by atoms with E-state index < -0.39 is 5.97 Å². The van der Waals surface area contributed by atoms with Crippen LogP contribution >= 0.6 is 0 Å². The molecule has 0 amide bonds. The van der Waals surface area contributed by atoms with E-state index in [-0.39, 0.29) is 22.8 Å². The third-order valence-corrected chi connectivity index (χ3v) is 1.62. The summed E-state index contributed by atoms with van der Waals surface area (Å²) < 4.78 is 4.45. The van der Waals surface area contributed by atoms with Crippen LogP contribution in [0.5, 0.6) is 0 Å². The molecule has 0 saturated heterocycles. The van der Waals surface area contributed by atoms with Crippen molar-refractivity contribution >= 4 is 5.97 Å². The molecule has 0 saturated carbocycles. The number of hydrogen-bond donors (Lipinski definition) is 1. The Morgan fingerprint density at radius 1 is 1.55 bits per heavy atom. The first-order chi connectivity index (χ1) is 4.75. The number of methoxy groups -OCH3 is 1. The van der Waals surface area contributed by atoms with Gasteiger partial charge in [0.2, 0.25) is 0 Å². The van der Waals surface area contributed by atoms with Gasteiger partial charge in [-0.3, -0.25) is 0 Å². The van der Waals surface area contributed by atoms with Crippen LogP contribution in [0.25, 0.3) is 0 Å². The summed E-state index contributed by atoms with van der Waals surface area (Å²) in [5, 5.41) is 9.07. The molecule has 0 aliphatic heterocycles. The number of allylic oxidation sites excluding steroid dienone is 1. The van der Waals surface area contributed by atoms with E-state index in [4.69, 9.17) is 5.11 Å². The maximum atomic E-state index is 10.8. The summed E-state index contributed by atoms with van der Waals surface area (Å²) in [5.41, 5.74) is 0.447. The third kappa shape index (κ3) is 2.24. The molecule has 1 N–H and O–H groups in total. The fourth-order valence-corrected chi connectivity index (χ4v) is 1.07. The summed E-state index contributed by atoms with van der Waals surface area (Å²) in [5.74, 6) is -0.193. The summed E-state index contributed by atoms with van der Waals surface area (Å²) in [6.07, 6.45) is 2.12. The van der Waals surface area contributed by atoms with Crippen LogP contribution in [-0.4, -0.2) is 18.2 Å². The summed E-state index contributed by atoms with van der Waals surface area (Å²) in [6, 6.07) is 0. The molecular weight excluding hydrogens is 196 g/mol. The minimum absolute atomic E-state index is 0. The first-order valence-corrected chi connectivity index (χ1v) is 3.25. The van der Waals surface area contributed by atoms with Crippen LogP contribution in [0.4, 0.5) is 0 Å². The molecule has 67 valence electrons. The van der Waals surface area contributed by atoms with Crippen LogP contribution < -0.4 is 0 Å². The molecule has 0 heterocycles. The Morgan fingerprint density at radius 2 is 2.18 bits per heavy atom. The smallest absolute Gasteiger partial charge is 0.337 e. The third-order valence-electron chi connectivity index (χ3n) is 1.62. The van der Waals surface area contributed by atoms with E-state index in [1.54, 1.807) is 0 Å². The van der Waals surface area contributed by atoms with Gasteiger partial charge in [-0.05, 0) is 12.8 Å². The van der Waals surface area contributed by atoms with Crippen LogP contribution in [0.2, 0.25) is 0 Å². The average Bonchev–Trinajstić information content (AvgIpc) is 2.34. The van der Waals surface area contributed by atoms with Crippen LogP contribution in [0.3, 0.4) is 0 Å². The van der Waals surface area contributed by atoms with Crippen molar-refractivity contribution in [2.75, 3.05) is 7.11 Å². The number of aliphatic hydroxyl groups is 1. The van der Waals surface area contributed by atoms with Gasteiger partial charge in [-0.25, -0.2) is 4.79 Å². The van der Waals surface area contributed by atoms with Gasteiger partial charge in [0.05, 0.1) is 12.7 Å². The number of ether oxygens (including phenoxy) is 1. The largest absolute Gasteiger partial charge is 0.512 e. The summed E-state index contributed by atoms with van der Waals surface area (Å²) in [7, 11) is 1.32. The van der Waals surface area contributed by atoms with E-state index in [1.165, 1.54) is 7.11 Å². The number of rotatable bonds is 1. The molecule has 0 aromatic carbocycles. The van der Waals surface area contributed by atoms with Crippen molar-refractivity contribution in [1.82, 2.24) is 0 Å². The van der Waals surface area contributed by atoms with Crippen molar-refractivity contribution < 1.29 is 31.7 Å². The first-order valence-electron chi connectivity index (χ1n) is 3.25. The molecule has 0 unspecified atom stereocenters. The molecule has 11 heavy (non-hydrogen) atoms. The SMILES string of the molecule is COC(=O)C1=C(O)CCC1.[Cu]. The van der Waals surface area contributed by atoms with Crippen molar-refractivity contribution in [3.8, 4) is 0 Å². The molecular formula is C7H10CuO3. The predicted octanol–water partition coefficient (Wildman–Crippen LogP) is 1.15. The number of esters is 1. The molecule has 1 aliphatic carbocycles. The summed E-state index contributed by atoms with van der Waals surface area (Å²) in [4.78, 5) is 10.8. The normalized spacial score (nSPS) is 16.1. The van der Waals surface area contributed by atoms with Crippen molar-refractivity contribution in [3.63, 3.8) is 0 Å². The quantitative estimate of drug-likeness (QED) is 0.516. The number of carbonyl (C=O) groups is 1. The van der Waals surface area contributed by atoms with Gasteiger partial charge in [0.25, 0.3) is 0 Å². The predicted molar refractivity (Wildman–Crippen MR) is 35.5 cm³/mol. The maximum absolute atomic E-state index is 10.8. The fourth-order valence-electron chi connectivity index (χ4n) is 1.07. The van der Waals surface area contributed by atoms with E-state index >= 15 is 0 Å². The molecule has 0 aromatic heterocycles. The first kappa shape index (κ1) is 10.5. The maximum Gasteiger partial charge on any atom is 0.337 e. The van der Waals surface area contributed by atoms with E-state index in [1.807, 2.05) is 0 Å². The zero-order valence-electron chi connectivity index (χ0n) is 6.19. The van der Waals surface area contributed by atoms with Gasteiger partial charge >= 0.3 is 5.97 Å². The zero-order valence-corrected chi connectivity index (χ0v) is 7.13.